The van der Waals surface area contributed by atoms with E-state index in [0.29, 0.717) is 12.0 Å². The Morgan fingerprint density at radius 1 is 1.00 bits per heavy atom. The summed E-state index contributed by atoms with van der Waals surface area (Å²) in [6.45, 7) is 0.725. The zero-order valence-electron chi connectivity index (χ0n) is 9.56. The van der Waals surface area contributed by atoms with E-state index in [0.717, 1.165) is 25.8 Å². The molecule has 1 N–H and O–H groups in total. The standard InChI is InChI=1S/C11H20N2O2S/c14-16(15)12-10-6-2-1-5-9(10)11-7-3-4-8-13(11)16/h9-12H,1-8H2. The number of rotatable bonds is 0. The minimum absolute atomic E-state index is 0.220. The molecule has 0 spiro atoms. The highest BCUT2D eigenvalue weighted by Gasteiger charge is 2.46. The lowest BCUT2D eigenvalue weighted by atomic mass is 9.77. The lowest BCUT2D eigenvalue weighted by Gasteiger charge is -2.49. The maximum Gasteiger partial charge on any atom is 0.279 e. The van der Waals surface area contributed by atoms with Crippen LogP contribution in [-0.4, -0.2) is 31.4 Å². The summed E-state index contributed by atoms with van der Waals surface area (Å²) in [5.41, 5.74) is 0. The first-order chi connectivity index (χ1) is 7.68. The van der Waals surface area contributed by atoms with E-state index in [2.05, 4.69) is 4.72 Å². The molecule has 3 fully saturated rings. The van der Waals surface area contributed by atoms with Crippen molar-refractivity contribution in [1.29, 1.82) is 0 Å². The Hall–Kier alpha value is -0.130. The van der Waals surface area contributed by atoms with E-state index in [9.17, 15) is 8.42 Å². The molecule has 3 aliphatic rings. The first-order valence-electron chi connectivity index (χ1n) is 6.47. The maximum absolute atomic E-state index is 12.1. The summed E-state index contributed by atoms with van der Waals surface area (Å²) in [5, 5.41) is 0. The highest BCUT2D eigenvalue weighted by Crippen LogP contribution is 2.38. The van der Waals surface area contributed by atoms with E-state index >= 15 is 0 Å². The van der Waals surface area contributed by atoms with E-state index in [1.807, 2.05) is 0 Å². The normalized spacial score (nSPS) is 43.4. The Labute approximate surface area is 97.6 Å². The van der Waals surface area contributed by atoms with Gasteiger partial charge in [0.1, 0.15) is 0 Å². The van der Waals surface area contributed by atoms with Gasteiger partial charge in [-0.1, -0.05) is 19.3 Å². The average molecular weight is 244 g/mol. The van der Waals surface area contributed by atoms with Crippen LogP contribution in [0.1, 0.15) is 44.9 Å². The molecule has 3 unspecified atom stereocenters. The average Bonchev–Trinajstić information content (AvgIpc) is 2.29. The van der Waals surface area contributed by atoms with Crippen LogP contribution in [0, 0.1) is 5.92 Å². The van der Waals surface area contributed by atoms with Crippen molar-refractivity contribution >= 4 is 10.2 Å². The molecule has 0 aromatic heterocycles. The molecule has 1 aliphatic carbocycles. The van der Waals surface area contributed by atoms with Crippen molar-refractivity contribution in [2.24, 2.45) is 5.92 Å². The summed E-state index contributed by atoms with van der Waals surface area (Å²) < 4.78 is 28.8. The van der Waals surface area contributed by atoms with Crippen LogP contribution in [0.15, 0.2) is 0 Å². The fraction of sp³-hybridized carbons (Fsp3) is 1.00. The summed E-state index contributed by atoms with van der Waals surface area (Å²) >= 11 is 0. The highest BCUT2D eigenvalue weighted by atomic mass is 32.2. The molecule has 3 atom stereocenters. The molecule has 2 heterocycles. The first kappa shape index (κ1) is 11.0. The van der Waals surface area contributed by atoms with E-state index in [1.165, 1.54) is 25.7 Å². The molecule has 2 saturated heterocycles. The van der Waals surface area contributed by atoms with Crippen LogP contribution in [-0.2, 0) is 10.2 Å². The van der Waals surface area contributed by atoms with Crippen molar-refractivity contribution in [3.05, 3.63) is 0 Å². The lowest BCUT2D eigenvalue weighted by Crippen LogP contribution is -2.63. The van der Waals surface area contributed by atoms with Gasteiger partial charge in [-0.15, -0.1) is 0 Å². The molecule has 2 aliphatic heterocycles. The SMILES string of the molecule is O=S1(=O)NC2CCCCC2C2CCCCN21. The largest absolute Gasteiger partial charge is 0.279 e. The van der Waals surface area contributed by atoms with E-state index < -0.39 is 10.2 Å². The monoisotopic (exact) mass is 244 g/mol. The minimum atomic E-state index is -3.17. The Balaban J connectivity index is 1.91. The molecule has 3 rings (SSSR count). The quantitative estimate of drug-likeness (QED) is 0.697. The minimum Gasteiger partial charge on any atom is -0.199 e. The third-order valence-corrected chi connectivity index (χ3v) is 6.09. The second kappa shape index (κ2) is 3.96. The Bertz CT molecular complexity index is 368. The summed E-state index contributed by atoms with van der Waals surface area (Å²) in [6, 6.07) is 0.517. The molecule has 92 valence electrons. The van der Waals surface area contributed by atoms with Crippen LogP contribution in [0.25, 0.3) is 0 Å². The highest BCUT2D eigenvalue weighted by molar-refractivity contribution is 7.87. The fourth-order valence-electron chi connectivity index (χ4n) is 3.68. The van der Waals surface area contributed by atoms with Crippen LogP contribution in [0.3, 0.4) is 0 Å². The molecule has 0 bridgehead atoms. The first-order valence-corrected chi connectivity index (χ1v) is 7.91. The third kappa shape index (κ3) is 1.69. The van der Waals surface area contributed by atoms with Gasteiger partial charge in [-0.2, -0.15) is 17.4 Å². The Morgan fingerprint density at radius 3 is 2.62 bits per heavy atom. The number of nitrogens with one attached hydrogen (secondary N) is 1. The Kier molecular flexibility index (Phi) is 2.72. The van der Waals surface area contributed by atoms with E-state index in [4.69, 9.17) is 0 Å². The van der Waals surface area contributed by atoms with Crippen LogP contribution in [0.5, 0.6) is 0 Å². The van der Waals surface area contributed by atoms with Crippen molar-refractivity contribution in [2.45, 2.75) is 57.0 Å². The molecule has 0 aromatic rings. The van der Waals surface area contributed by atoms with Gasteiger partial charge in [0.15, 0.2) is 0 Å². The molecule has 5 heteroatoms. The topological polar surface area (TPSA) is 49.4 Å². The van der Waals surface area contributed by atoms with Crippen molar-refractivity contribution in [2.75, 3.05) is 6.54 Å². The zero-order chi connectivity index (χ0) is 11.2. The zero-order valence-corrected chi connectivity index (χ0v) is 10.4. The molecule has 0 amide bonds. The van der Waals surface area contributed by atoms with Gasteiger partial charge in [0.2, 0.25) is 0 Å². The van der Waals surface area contributed by atoms with Crippen molar-refractivity contribution in [1.82, 2.24) is 9.03 Å². The van der Waals surface area contributed by atoms with Gasteiger partial charge < -0.3 is 0 Å². The van der Waals surface area contributed by atoms with Gasteiger partial charge in [0, 0.05) is 18.6 Å². The Morgan fingerprint density at radius 2 is 1.75 bits per heavy atom. The number of nitrogens with zero attached hydrogens (tertiary/aromatic N) is 1. The smallest absolute Gasteiger partial charge is 0.199 e. The van der Waals surface area contributed by atoms with Crippen LogP contribution in [0.2, 0.25) is 0 Å². The summed E-state index contributed by atoms with van der Waals surface area (Å²) in [5.74, 6) is 0.567. The van der Waals surface area contributed by atoms with Gasteiger partial charge in [-0.3, -0.25) is 0 Å². The van der Waals surface area contributed by atoms with E-state index in [1.54, 1.807) is 4.31 Å². The van der Waals surface area contributed by atoms with E-state index in [-0.39, 0.29) is 6.04 Å². The van der Waals surface area contributed by atoms with Crippen LogP contribution >= 0.6 is 0 Å². The van der Waals surface area contributed by atoms with Gasteiger partial charge in [0.05, 0.1) is 0 Å². The molecular formula is C11H20N2O2S. The summed E-state index contributed by atoms with van der Waals surface area (Å²) in [4.78, 5) is 0. The van der Waals surface area contributed by atoms with Crippen molar-refractivity contribution in [3.63, 3.8) is 0 Å². The number of fused-ring (bicyclic) bond motifs is 3. The second-order valence-corrected chi connectivity index (χ2v) is 7.01. The number of hydrogen-bond acceptors (Lipinski definition) is 2. The van der Waals surface area contributed by atoms with Crippen LogP contribution in [0.4, 0.5) is 0 Å². The molecule has 1 saturated carbocycles. The van der Waals surface area contributed by atoms with Crippen molar-refractivity contribution in [3.8, 4) is 0 Å². The molecule has 0 aromatic carbocycles. The van der Waals surface area contributed by atoms with Gasteiger partial charge in [-0.05, 0) is 31.6 Å². The second-order valence-electron chi connectivity index (χ2n) is 5.35. The van der Waals surface area contributed by atoms with Crippen molar-refractivity contribution < 1.29 is 8.42 Å². The summed E-state index contributed by atoms with van der Waals surface area (Å²) in [6.07, 6.45) is 7.98. The third-order valence-electron chi connectivity index (χ3n) is 4.42. The van der Waals surface area contributed by atoms with Gasteiger partial charge >= 0.3 is 0 Å². The van der Waals surface area contributed by atoms with Gasteiger partial charge in [-0.25, -0.2) is 0 Å². The summed E-state index contributed by atoms with van der Waals surface area (Å²) in [7, 11) is -3.17. The number of piperidine rings is 1. The maximum atomic E-state index is 12.1. The predicted molar refractivity (Wildman–Crippen MR) is 62.1 cm³/mol. The fourth-order valence-corrected chi connectivity index (χ4v) is 5.48. The van der Waals surface area contributed by atoms with Gasteiger partial charge in [0.25, 0.3) is 10.2 Å². The molecular weight excluding hydrogens is 224 g/mol. The number of hydrogen-bond donors (Lipinski definition) is 1. The predicted octanol–water partition coefficient (Wildman–Crippen LogP) is 1.25. The van der Waals surface area contributed by atoms with Crippen LogP contribution < -0.4 is 4.72 Å². The lowest BCUT2D eigenvalue weighted by molar-refractivity contribution is 0.107. The molecule has 16 heavy (non-hydrogen) atoms. The molecule has 4 nitrogen and oxygen atoms in total. The molecule has 0 radical (unpaired) electrons.